The maximum atomic E-state index is 12.7. The van der Waals surface area contributed by atoms with Crippen LogP contribution in [0.2, 0.25) is 5.02 Å². The van der Waals surface area contributed by atoms with Gasteiger partial charge in [-0.1, -0.05) is 18.5 Å². The lowest BCUT2D eigenvalue weighted by Crippen LogP contribution is -2.32. The number of halogens is 1. The van der Waals surface area contributed by atoms with E-state index in [0.29, 0.717) is 18.0 Å². The molecule has 0 aliphatic rings. The van der Waals surface area contributed by atoms with Gasteiger partial charge in [-0.3, -0.25) is 9.52 Å². The maximum absolute atomic E-state index is 12.7. The number of nitrogens with one attached hydrogen (secondary N) is 2. The minimum Gasteiger partial charge on any atom is -0.494 e. The molecule has 2 N–H and O–H groups in total. The minimum atomic E-state index is -3.87. The van der Waals surface area contributed by atoms with Crippen molar-refractivity contribution in [1.29, 1.82) is 0 Å². The number of benzene rings is 2. The van der Waals surface area contributed by atoms with Crippen LogP contribution in [0.15, 0.2) is 47.4 Å². The number of carbonyl (C=O) groups is 1. The lowest BCUT2D eigenvalue weighted by Gasteiger charge is -2.14. The van der Waals surface area contributed by atoms with Gasteiger partial charge in [0.05, 0.1) is 22.1 Å². The summed E-state index contributed by atoms with van der Waals surface area (Å²) in [7, 11) is -3.87. The summed E-state index contributed by atoms with van der Waals surface area (Å²) in [5.74, 6) is 0.239. The number of carbonyl (C=O) groups excluding carboxylic acids is 1. The molecule has 0 aromatic heterocycles. The zero-order valence-corrected chi connectivity index (χ0v) is 17.0. The third kappa shape index (κ3) is 5.61. The highest BCUT2D eigenvalue weighted by molar-refractivity contribution is 7.92. The first kappa shape index (κ1) is 21.1. The van der Waals surface area contributed by atoms with Gasteiger partial charge in [0, 0.05) is 11.7 Å². The van der Waals surface area contributed by atoms with Gasteiger partial charge >= 0.3 is 0 Å². The van der Waals surface area contributed by atoms with Gasteiger partial charge in [-0.2, -0.15) is 0 Å². The van der Waals surface area contributed by atoms with Crippen molar-refractivity contribution in [3.05, 3.63) is 53.1 Å². The van der Waals surface area contributed by atoms with Crippen molar-refractivity contribution in [3.8, 4) is 5.75 Å². The van der Waals surface area contributed by atoms with Gasteiger partial charge in [0.2, 0.25) is 0 Å². The quantitative estimate of drug-likeness (QED) is 0.687. The molecule has 0 fully saturated rings. The van der Waals surface area contributed by atoms with Crippen LogP contribution in [0.1, 0.15) is 37.6 Å². The molecule has 1 unspecified atom stereocenters. The Kier molecular flexibility index (Phi) is 7.10. The summed E-state index contributed by atoms with van der Waals surface area (Å²) < 4.78 is 33.1. The van der Waals surface area contributed by atoms with E-state index >= 15 is 0 Å². The van der Waals surface area contributed by atoms with Crippen molar-refractivity contribution in [2.45, 2.75) is 38.1 Å². The Bertz CT molecular complexity index is 898. The topological polar surface area (TPSA) is 84.5 Å². The fourth-order valence-corrected chi connectivity index (χ4v) is 3.54. The summed E-state index contributed by atoms with van der Waals surface area (Å²) >= 11 is 6.09. The van der Waals surface area contributed by atoms with Crippen molar-refractivity contribution < 1.29 is 17.9 Å². The minimum absolute atomic E-state index is 0.0455. The van der Waals surface area contributed by atoms with E-state index < -0.39 is 15.9 Å². The molecular formula is C19H23ClN2O4S. The highest BCUT2D eigenvalue weighted by Gasteiger charge is 2.19. The lowest BCUT2D eigenvalue weighted by atomic mass is 10.2. The summed E-state index contributed by atoms with van der Waals surface area (Å²) in [5.41, 5.74) is 0.505. The third-order valence-electron chi connectivity index (χ3n) is 3.90. The monoisotopic (exact) mass is 410 g/mol. The first-order valence-electron chi connectivity index (χ1n) is 8.63. The smallest absolute Gasteiger partial charge is 0.261 e. The second kappa shape index (κ2) is 9.10. The number of amides is 1. The van der Waals surface area contributed by atoms with Gasteiger partial charge in [-0.05, 0) is 62.7 Å². The van der Waals surface area contributed by atoms with Crippen LogP contribution in [0.5, 0.6) is 5.75 Å². The van der Waals surface area contributed by atoms with Crippen molar-refractivity contribution in [1.82, 2.24) is 5.32 Å². The molecule has 8 heteroatoms. The number of anilines is 1. The van der Waals surface area contributed by atoms with E-state index in [1.165, 1.54) is 18.2 Å². The highest BCUT2D eigenvalue weighted by Crippen LogP contribution is 2.24. The third-order valence-corrected chi connectivity index (χ3v) is 5.61. The normalized spacial score (nSPS) is 12.3. The first-order valence-corrected chi connectivity index (χ1v) is 10.5. The summed E-state index contributed by atoms with van der Waals surface area (Å²) in [6.07, 6.45) is 0.751. The van der Waals surface area contributed by atoms with Gasteiger partial charge in [0.15, 0.2) is 0 Å². The van der Waals surface area contributed by atoms with Crippen LogP contribution in [0.4, 0.5) is 5.69 Å². The van der Waals surface area contributed by atoms with E-state index in [0.717, 1.165) is 6.42 Å². The van der Waals surface area contributed by atoms with Crippen LogP contribution < -0.4 is 14.8 Å². The number of hydrogen-bond donors (Lipinski definition) is 2. The first-order chi connectivity index (χ1) is 12.8. The van der Waals surface area contributed by atoms with Gasteiger partial charge in [0.1, 0.15) is 5.75 Å². The van der Waals surface area contributed by atoms with Crippen LogP contribution in [0.3, 0.4) is 0 Å². The molecule has 27 heavy (non-hydrogen) atoms. The van der Waals surface area contributed by atoms with E-state index in [-0.39, 0.29) is 21.5 Å². The van der Waals surface area contributed by atoms with E-state index in [9.17, 15) is 13.2 Å². The predicted octanol–water partition coefficient (Wildman–Crippen LogP) is 4.07. The Balaban J connectivity index is 2.25. The molecule has 0 radical (unpaired) electrons. The largest absolute Gasteiger partial charge is 0.494 e. The fourth-order valence-electron chi connectivity index (χ4n) is 2.25. The molecule has 0 bridgehead atoms. The van der Waals surface area contributed by atoms with Gasteiger partial charge in [0.25, 0.3) is 15.9 Å². The summed E-state index contributed by atoms with van der Waals surface area (Å²) in [4.78, 5) is 12.3. The molecule has 2 aromatic rings. The van der Waals surface area contributed by atoms with Crippen LogP contribution >= 0.6 is 11.6 Å². The maximum Gasteiger partial charge on any atom is 0.261 e. The summed E-state index contributed by atoms with van der Waals surface area (Å²) in [6, 6.07) is 10.6. The molecule has 1 amide bonds. The Labute approximate surface area is 164 Å². The second-order valence-electron chi connectivity index (χ2n) is 5.99. The van der Waals surface area contributed by atoms with Crippen molar-refractivity contribution in [2.24, 2.45) is 0 Å². The van der Waals surface area contributed by atoms with Crippen LogP contribution in [0, 0.1) is 0 Å². The van der Waals surface area contributed by atoms with E-state index in [1.807, 2.05) is 20.8 Å². The molecule has 0 saturated heterocycles. The molecular weight excluding hydrogens is 388 g/mol. The molecule has 146 valence electrons. The number of sulfonamides is 1. The number of ether oxygens (including phenoxy) is 1. The van der Waals surface area contributed by atoms with Crippen molar-refractivity contribution >= 4 is 33.2 Å². The molecule has 6 nitrogen and oxygen atoms in total. The molecule has 2 aromatic carbocycles. The molecule has 0 heterocycles. The van der Waals surface area contributed by atoms with Crippen molar-refractivity contribution in [2.75, 3.05) is 11.3 Å². The molecule has 1 atom stereocenters. The van der Waals surface area contributed by atoms with Crippen LogP contribution in [-0.4, -0.2) is 27.0 Å². The van der Waals surface area contributed by atoms with Crippen LogP contribution in [-0.2, 0) is 10.0 Å². The molecule has 0 spiro atoms. The van der Waals surface area contributed by atoms with Crippen molar-refractivity contribution in [3.63, 3.8) is 0 Å². The highest BCUT2D eigenvalue weighted by atomic mass is 35.5. The van der Waals surface area contributed by atoms with E-state index in [4.69, 9.17) is 16.3 Å². The summed E-state index contributed by atoms with van der Waals surface area (Å²) in [6.45, 7) is 6.19. The second-order valence-corrected chi connectivity index (χ2v) is 8.08. The molecule has 0 saturated carbocycles. The Hall–Kier alpha value is -2.25. The average Bonchev–Trinajstić information content (AvgIpc) is 2.63. The number of hydrogen-bond acceptors (Lipinski definition) is 4. The van der Waals surface area contributed by atoms with Gasteiger partial charge in [-0.15, -0.1) is 0 Å². The Morgan fingerprint density at radius 3 is 2.41 bits per heavy atom. The number of rotatable bonds is 8. The summed E-state index contributed by atoms with van der Waals surface area (Å²) in [5, 5.41) is 2.97. The lowest BCUT2D eigenvalue weighted by molar-refractivity contribution is 0.0939. The van der Waals surface area contributed by atoms with Crippen LogP contribution in [0.25, 0.3) is 0 Å². The SMILES string of the molecule is CCOc1ccc(NS(=O)(=O)c2ccc(Cl)c(C(=O)NC(C)CC)c2)cc1. The Morgan fingerprint density at radius 1 is 1.15 bits per heavy atom. The molecule has 2 rings (SSSR count). The predicted molar refractivity (Wildman–Crippen MR) is 107 cm³/mol. The molecule has 0 aliphatic carbocycles. The zero-order valence-electron chi connectivity index (χ0n) is 15.5. The van der Waals surface area contributed by atoms with Gasteiger partial charge in [-0.25, -0.2) is 8.42 Å². The standard InChI is InChI=1S/C19H23ClN2O4S/c1-4-13(3)21-19(23)17-12-16(10-11-18(17)20)27(24,25)22-14-6-8-15(9-7-14)26-5-2/h6-13,22H,4-5H2,1-3H3,(H,21,23). The van der Waals surface area contributed by atoms with Gasteiger partial charge < -0.3 is 10.1 Å². The van der Waals surface area contributed by atoms with E-state index in [2.05, 4.69) is 10.0 Å². The average molecular weight is 411 g/mol. The molecule has 0 aliphatic heterocycles. The Morgan fingerprint density at radius 2 is 1.81 bits per heavy atom. The van der Waals surface area contributed by atoms with E-state index in [1.54, 1.807) is 24.3 Å². The zero-order chi connectivity index (χ0) is 20.0. The fraction of sp³-hybridized carbons (Fsp3) is 0.316.